The van der Waals surface area contributed by atoms with Gasteiger partial charge >= 0.3 is 6.09 Å². The Morgan fingerprint density at radius 2 is 1.75 bits per heavy atom. The predicted molar refractivity (Wildman–Crippen MR) is 87.8 cm³/mol. The molecule has 0 aliphatic heterocycles. The van der Waals surface area contributed by atoms with Crippen molar-refractivity contribution < 1.29 is 22.5 Å². The quantitative estimate of drug-likeness (QED) is 0.655. The van der Waals surface area contributed by atoms with Crippen molar-refractivity contribution in [2.45, 2.75) is 11.5 Å². The molecule has 0 atom stereocenters. The smallest absolute Gasteiger partial charge is 0.408 e. The minimum atomic E-state index is -4.34. The Bertz CT molecular complexity index is 867. The number of amides is 1. The van der Waals surface area contributed by atoms with E-state index in [0.717, 1.165) is 5.56 Å². The topological polar surface area (TPSA) is 92.7 Å². The minimum absolute atomic E-state index is 0.0204. The fourth-order valence-electron chi connectivity index (χ4n) is 1.82. The maximum absolute atomic E-state index is 11.5. The van der Waals surface area contributed by atoms with Crippen molar-refractivity contribution in [3.63, 3.8) is 0 Å². The van der Waals surface area contributed by atoms with Crippen molar-refractivity contribution in [2.24, 2.45) is 0 Å². The summed E-state index contributed by atoms with van der Waals surface area (Å²) in [5.41, 5.74) is 1.01. The van der Waals surface area contributed by atoms with E-state index in [-0.39, 0.29) is 23.6 Å². The molecular formula is C17H15NO5S. The highest BCUT2D eigenvalue weighted by atomic mass is 32.2. The van der Waals surface area contributed by atoms with E-state index in [1.54, 1.807) is 6.07 Å². The number of hydrogen-bond acceptors (Lipinski definition) is 4. The Morgan fingerprint density at radius 1 is 1.08 bits per heavy atom. The number of nitrogens with one attached hydrogen (secondary N) is 1. The number of carbonyl (C=O) groups is 1. The van der Waals surface area contributed by atoms with Crippen LogP contribution in [0.15, 0.2) is 59.5 Å². The van der Waals surface area contributed by atoms with Gasteiger partial charge in [-0.25, -0.2) is 4.79 Å². The standard InChI is InChI=1S/C17H15NO5S/c19-17(23-13-14-7-2-1-3-8-14)18-12-6-10-15-9-4-5-11-16(15)24(20,21)22/h1-5,7-9,11H,12-13H2,(H,18,19)(H,20,21,22). The lowest BCUT2D eigenvalue weighted by Crippen LogP contribution is -2.24. The average Bonchev–Trinajstić information content (AvgIpc) is 2.57. The van der Waals surface area contributed by atoms with Crippen molar-refractivity contribution in [2.75, 3.05) is 6.54 Å². The van der Waals surface area contributed by atoms with Gasteiger partial charge in [-0.15, -0.1) is 0 Å². The third-order valence-electron chi connectivity index (χ3n) is 2.92. The van der Waals surface area contributed by atoms with Gasteiger partial charge in [0.15, 0.2) is 0 Å². The zero-order chi connectivity index (χ0) is 17.4. The molecule has 24 heavy (non-hydrogen) atoms. The maximum Gasteiger partial charge on any atom is 0.408 e. The molecule has 0 aromatic heterocycles. The van der Waals surface area contributed by atoms with Gasteiger partial charge in [0.25, 0.3) is 10.1 Å². The molecule has 2 aromatic carbocycles. The molecule has 2 N–H and O–H groups in total. The summed E-state index contributed by atoms with van der Waals surface area (Å²) >= 11 is 0. The Morgan fingerprint density at radius 3 is 2.46 bits per heavy atom. The zero-order valence-electron chi connectivity index (χ0n) is 12.6. The first-order chi connectivity index (χ1) is 11.5. The van der Waals surface area contributed by atoms with Crippen LogP contribution in [0.4, 0.5) is 4.79 Å². The third kappa shape index (κ3) is 5.43. The average molecular weight is 345 g/mol. The number of rotatable bonds is 4. The highest BCUT2D eigenvalue weighted by Crippen LogP contribution is 2.13. The molecule has 0 spiro atoms. The molecule has 0 aliphatic carbocycles. The second-order valence-corrected chi connectivity index (χ2v) is 6.08. The molecule has 0 saturated heterocycles. The molecule has 7 heteroatoms. The fourth-order valence-corrected chi connectivity index (χ4v) is 2.47. The van der Waals surface area contributed by atoms with E-state index in [4.69, 9.17) is 9.29 Å². The van der Waals surface area contributed by atoms with Crippen molar-refractivity contribution >= 4 is 16.2 Å². The summed E-state index contributed by atoms with van der Waals surface area (Å²) in [7, 11) is -4.34. The molecule has 0 bridgehead atoms. The van der Waals surface area contributed by atoms with Gasteiger partial charge in [-0.3, -0.25) is 4.55 Å². The first-order valence-electron chi connectivity index (χ1n) is 6.97. The first kappa shape index (κ1) is 17.5. The summed E-state index contributed by atoms with van der Waals surface area (Å²) in [6.45, 7) is 0.124. The number of alkyl carbamates (subject to hydrolysis) is 1. The lowest BCUT2D eigenvalue weighted by Gasteiger charge is -2.04. The Hall–Kier alpha value is -2.82. The molecule has 0 heterocycles. The van der Waals surface area contributed by atoms with Crippen LogP contribution < -0.4 is 5.32 Å². The van der Waals surface area contributed by atoms with Crippen LogP contribution in [0.1, 0.15) is 11.1 Å². The fraction of sp³-hybridized carbons (Fsp3) is 0.118. The Kier molecular flexibility index (Phi) is 5.95. The Labute approximate surface area is 140 Å². The molecule has 0 radical (unpaired) electrons. The molecule has 0 aliphatic rings. The van der Waals surface area contributed by atoms with Crippen LogP contribution in [0.3, 0.4) is 0 Å². The van der Waals surface area contributed by atoms with Crippen molar-refractivity contribution in [3.05, 3.63) is 65.7 Å². The third-order valence-corrected chi connectivity index (χ3v) is 3.83. The molecule has 124 valence electrons. The van der Waals surface area contributed by atoms with Crippen molar-refractivity contribution in [1.82, 2.24) is 5.32 Å². The molecule has 0 fully saturated rings. The number of hydrogen-bond donors (Lipinski definition) is 2. The number of carbonyl (C=O) groups excluding carboxylic acids is 1. The summed E-state index contributed by atoms with van der Waals surface area (Å²) in [4.78, 5) is 11.2. The number of ether oxygens (including phenoxy) is 1. The minimum Gasteiger partial charge on any atom is -0.445 e. The zero-order valence-corrected chi connectivity index (χ0v) is 13.4. The van der Waals surface area contributed by atoms with Crippen LogP contribution in [-0.2, 0) is 21.5 Å². The number of benzene rings is 2. The van der Waals surface area contributed by atoms with Gasteiger partial charge in [0.1, 0.15) is 11.5 Å². The lowest BCUT2D eigenvalue weighted by atomic mass is 10.2. The second kappa shape index (κ2) is 8.15. The first-order valence-corrected chi connectivity index (χ1v) is 8.41. The van der Waals surface area contributed by atoms with Gasteiger partial charge in [-0.1, -0.05) is 54.3 Å². The van der Waals surface area contributed by atoms with Crippen LogP contribution in [-0.4, -0.2) is 25.6 Å². The maximum atomic E-state index is 11.5. The van der Waals surface area contributed by atoms with E-state index in [9.17, 15) is 13.2 Å². The normalized spacial score (nSPS) is 10.4. The van der Waals surface area contributed by atoms with Gasteiger partial charge in [-0.2, -0.15) is 8.42 Å². The summed E-state index contributed by atoms with van der Waals surface area (Å²) in [6.07, 6.45) is -0.629. The Balaban J connectivity index is 1.87. The van der Waals surface area contributed by atoms with Crippen LogP contribution in [0.25, 0.3) is 0 Å². The van der Waals surface area contributed by atoms with E-state index in [2.05, 4.69) is 17.2 Å². The van der Waals surface area contributed by atoms with Crippen LogP contribution in [0, 0.1) is 11.8 Å². The molecule has 2 rings (SSSR count). The van der Waals surface area contributed by atoms with E-state index in [0.29, 0.717) is 0 Å². The molecule has 6 nitrogen and oxygen atoms in total. The van der Waals surface area contributed by atoms with Gasteiger partial charge < -0.3 is 10.1 Å². The second-order valence-electron chi connectivity index (χ2n) is 4.69. The SMILES string of the molecule is O=C(NCC#Cc1ccccc1S(=O)(=O)O)OCc1ccccc1. The van der Waals surface area contributed by atoms with Crippen molar-refractivity contribution in [3.8, 4) is 11.8 Å². The summed E-state index contributed by atoms with van der Waals surface area (Å²) in [6, 6.07) is 15.0. The molecular weight excluding hydrogens is 330 g/mol. The van der Waals surface area contributed by atoms with Gasteiger partial charge in [0, 0.05) is 5.56 Å². The van der Waals surface area contributed by atoms with Crippen molar-refractivity contribution in [1.29, 1.82) is 0 Å². The van der Waals surface area contributed by atoms with Crippen LogP contribution in [0.2, 0.25) is 0 Å². The lowest BCUT2D eigenvalue weighted by molar-refractivity contribution is 0.141. The van der Waals surface area contributed by atoms with Gasteiger partial charge in [0.05, 0.1) is 6.54 Å². The summed E-state index contributed by atoms with van der Waals surface area (Å²) in [5, 5.41) is 2.43. The highest BCUT2D eigenvalue weighted by molar-refractivity contribution is 7.85. The van der Waals surface area contributed by atoms with E-state index < -0.39 is 16.2 Å². The van der Waals surface area contributed by atoms with E-state index >= 15 is 0 Å². The van der Waals surface area contributed by atoms with E-state index in [1.807, 2.05) is 30.3 Å². The van der Waals surface area contributed by atoms with Crippen LogP contribution >= 0.6 is 0 Å². The monoisotopic (exact) mass is 345 g/mol. The van der Waals surface area contributed by atoms with Gasteiger partial charge in [-0.05, 0) is 17.7 Å². The highest BCUT2D eigenvalue weighted by Gasteiger charge is 2.12. The summed E-state index contributed by atoms with van der Waals surface area (Å²) < 4.78 is 36.5. The van der Waals surface area contributed by atoms with Crippen LogP contribution in [0.5, 0.6) is 0 Å². The van der Waals surface area contributed by atoms with Gasteiger partial charge in [0.2, 0.25) is 0 Å². The molecule has 2 aromatic rings. The predicted octanol–water partition coefficient (Wildman–Crippen LogP) is 2.21. The molecule has 0 unspecified atom stereocenters. The van der Waals surface area contributed by atoms with E-state index in [1.165, 1.54) is 18.2 Å². The largest absolute Gasteiger partial charge is 0.445 e. The molecule has 0 saturated carbocycles. The summed E-state index contributed by atoms with van der Waals surface area (Å²) in [5.74, 6) is 5.20. The molecule has 1 amide bonds.